The van der Waals surface area contributed by atoms with Crippen LogP contribution in [0.1, 0.15) is 12.1 Å². The summed E-state index contributed by atoms with van der Waals surface area (Å²) in [5, 5.41) is 0. The van der Waals surface area contributed by atoms with Gasteiger partial charge < -0.3 is 19.3 Å². The van der Waals surface area contributed by atoms with Crippen LogP contribution >= 0.6 is 0 Å². The van der Waals surface area contributed by atoms with E-state index in [-0.39, 0.29) is 11.8 Å². The number of carbonyl (C=O) groups excluding carboxylic acids is 1. The Hall–Kier alpha value is -1.89. The average molecular weight is 306 g/mol. The Morgan fingerprint density at radius 3 is 2.73 bits per heavy atom. The third-order valence-corrected chi connectivity index (χ3v) is 4.18. The second-order valence-corrected chi connectivity index (χ2v) is 5.72. The van der Waals surface area contributed by atoms with Crippen molar-refractivity contribution in [3.63, 3.8) is 0 Å². The third-order valence-electron chi connectivity index (χ3n) is 4.18. The number of methoxy groups -OCH3 is 1. The van der Waals surface area contributed by atoms with Crippen molar-refractivity contribution in [2.75, 3.05) is 51.4 Å². The summed E-state index contributed by atoms with van der Waals surface area (Å²) in [5.74, 6) is 1.51. The van der Waals surface area contributed by atoms with Gasteiger partial charge in [0.1, 0.15) is 0 Å². The van der Waals surface area contributed by atoms with Gasteiger partial charge in [0.2, 0.25) is 17.7 Å². The molecule has 7 nitrogen and oxygen atoms in total. The van der Waals surface area contributed by atoms with Gasteiger partial charge in [-0.05, 0) is 13.3 Å². The topological polar surface area (TPSA) is 67.8 Å². The summed E-state index contributed by atoms with van der Waals surface area (Å²) in [5.41, 5.74) is 0.878. The monoisotopic (exact) mass is 306 g/mol. The lowest BCUT2D eigenvalue weighted by molar-refractivity contribution is -0.135. The number of aryl methyl sites for hydroxylation is 1. The molecule has 3 rings (SSSR count). The van der Waals surface area contributed by atoms with Crippen molar-refractivity contribution in [1.82, 2.24) is 14.9 Å². The van der Waals surface area contributed by atoms with Crippen LogP contribution < -0.4 is 9.64 Å². The Morgan fingerprint density at radius 2 is 2.09 bits per heavy atom. The van der Waals surface area contributed by atoms with Crippen LogP contribution in [0, 0.1) is 12.8 Å². The van der Waals surface area contributed by atoms with Crippen LogP contribution in [0.5, 0.6) is 5.88 Å². The third kappa shape index (κ3) is 3.14. The SMILES string of the molecule is COc1cc(C)nc(N2CCN(C(=O)[C@H]3CCOC3)CC2)n1. The fourth-order valence-corrected chi connectivity index (χ4v) is 2.88. The fourth-order valence-electron chi connectivity index (χ4n) is 2.88. The second kappa shape index (κ2) is 6.48. The molecule has 2 aliphatic heterocycles. The summed E-state index contributed by atoms with van der Waals surface area (Å²) in [6.07, 6.45) is 0.844. The van der Waals surface area contributed by atoms with Crippen molar-refractivity contribution in [3.05, 3.63) is 11.8 Å². The highest BCUT2D eigenvalue weighted by Crippen LogP contribution is 2.19. The first kappa shape index (κ1) is 15.0. The maximum atomic E-state index is 12.4. The van der Waals surface area contributed by atoms with Gasteiger partial charge in [-0.15, -0.1) is 0 Å². The number of nitrogens with zero attached hydrogens (tertiary/aromatic N) is 4. The van der Waals surface area contributed by atoms with Crippen molar-refractivity contribution >= 4 is 11.9 Å². The molecule has 0 N–H and O–H groups in total. The minimum absolute atomic E-state index is 0.0434. The van der Waals surface area contributed by atoms with E-state index in [4.69, 9.17) is 9.47 Å². The summed E-state index contributed by atoms with van der Waals surface area (Å²) < 4.78 is 10.5. The van der Waals surface area contributed by atoms with Crippen molar-refractivity contribution < 1.29 is 14.3 Å². The first-order valence-corrected chi connectivity index (χ1v) is 7.68. The minimum atomic E-state index is 0.0434. The molecule has 2 saturated heterocycles. The molecule has 1 aromatic rings. The molecule has 2 fully saturated rings. The first-order valence-electron chi connectivity index (χ1n) is 7.68. The zero-order chi connectivity index (χ0) is 15.5. The predicted molar refractivity (Wildman–Crippen MR) is 81.0 cm³/mol. The van der Waals surface area contributed by atoms with Crippen LogP contribution in [0.25, 0.3) is 0 Å². The molecule has 3 heterocycles. The lowest BCUT2D eigenvalue weighted by Gasteiger charge is -2.35. The molecule has 1 aromatic heterocycles. The zero-order valence-corrected chi connectivity index (χ0v) is 13.1. The minimum Gasteiger partial charge on any atom is -0.481 e. The Labute approximate surface area is 130 Å². The lowest BCUT2D eigenvalue weighted by atomic mass is 10.1. The normalized spacial score (nSPS) is 22.0. The summed E-state index contributed by atoms with van der Waals surface area (Å²) in [7, 11) is 1.60. The van der Waals surface area contributed by atoms with Gasteiger partial charge in [0.05, 0.1) is 19.6 Å². The highest BCUT2D eigenvalue weighted by molar-refractivity contribution is 5.79. The van der Waals surface area contributed by atoms with Gasteiger partial charge in [0, 0.05) is 44.5 Å². The van der Waals surface area contributed by atoms with Gasteiger partial charge in [-0.2, -0.15) is 4.98 Å². The fraction of sp³-hybridized carbons (Fsp3) is 0.667. The molecule has 1 amide bonds. The van der Waals surface area contributed by atoms with Crippen LogP contribution in [0.2, 0.25) is 0 Å². The van der Waals surface area contributed by atoms with Crippen molar-refractivity contribution in [2.24, 2.45) is 5.92 Å². The van der Waals surface area contributed by atoms with E-state index in [0.717, 1.165) is 25.2 Å². The number of piperazine rings is 1. The van der Waals surface area contributed by atoms with E-state index < -0.39 is 0 Å². The standard InChI is InChI=1S/C15H22N4O3/c1-11-9-13(21-2)17-15(16-11)19-6-4-18(5-7-19)14(20)12-3-8-22-10-12/h9,12H,3-8,10H2,1-2H3/t12-/m0/s1. The summed E-state index contributed by atoms with van der Waals surface area (Å²) >= 11 is 0. The molecule has 0 aromatic carbocycles. The number of hydrogen-bond acceptors (Lipinski definition) is 6. The first-order chi connectivity index (χ1) is 10.7. The predicted octanol–water partition coefficient (Wildman–Crippen LogP) is 0.479. The van der Waals surface area contributed by atoms with Crippen molar-refractivity contribution in [1.29, 1.82) is 0 Å². The highest BCUT2D eigenvalue weighted by atomic mass is 16.5. The molecule has 0 aliphatic carbocycles. The number of aromatic nitrogens is 2. The van der Waals surface area contributed by atoms with E-state index in [1.54, 1.807) is 7.11 Å². The number of amides is 1. The van der Waals surface area contributed by atoms with Gasteiger partial charge in [-0.1, -0.05) is 0 Å². The molecule has 120 valence electrons. The maximum absolute atomic E-state index is 12.4. The number of anilines is 1. The Kier molecular flexibility index (Phi) is 4.42. The molecule has 1 atom stereocenters. The van der Waals surface area contributed by atoms with Crippen LogP contribution in [0.15, 0.2) is 6.07 Å². The Bertz CT molecular complexity index is 538. The molecule has 22 heavy (non-hydrogen) atoms. The molecule has 0 radical (unpaired) electrons. The van der Waals surface area contributed by atoms with E-state index in [1.165, 1.54) is 0 Å². The molecule has 2 aliphatic rings. The van der Waals surface area contributed by atoms with Crippen molar-refractivity contribution in [3.8, 4) is 5.88 Å². The molecular weight excluding hydrogens is 284 g/mol. The highest BCUT2D eigenvalue weighted by Gasteiger charge is 2.30. The van der Waals surface area contributed by atoms with E-state index in [9.17, 15) is 4.79 Å². The van der Waals surface area contributed by atoms with Gasteiger partial charge in [0.25, 0.3) is 0 Å². The Morgan fingerprint density at radius 1 is 1.32 bits per heavy atom. The molecule has 0 spiro atoms. The van der Waals surface area contributed by atoms with E-state index in [1.807, 2.05) is 17.9 Å². The van der Waals surface area contributed by atoms with E-state index in [0.29, 0.717) is 38.1 Å². The number of carbonyl (C=O) groups is 1. The molecule has 7 heteroatoms. The second-order valence-electron chi connectivity index (χ2n) is 5.72. The molecule has 0 bridgehead atoms. The number of ether oxygens (including phenoxy) is 2. The number of rotatable bonds is 3. The van der Waals surface area contributed by atoms with E-state index >= 15 is 0 Å². The lowest BCUT2D eigenvalue weighted by Crippen LogP contribution is -2.51. The Balaban J connectivity index is 1.61. The molecule has 0 unspecified atom stereocenters. The summed E-state index contributed by atoms with van der Waals surface area (Å²) in [6, 6.07) is 1.81. The largest absolute Gasteiger partial charge is 0.481 e. The van der Waals surface area contributed by atoms with Crippen molar-refractivity contribution in [2.45, 2.75) is 13.3 Å². The van der Waals surface area contributed by atoms with Gasteiger partial charge in [-0.3, -0.25) is 4.79 Å². The average Bonchev–Trinajstić information content (AvgIpc) is 3.08. The van der Waals surface area contributed by atoms with E-state index in [2.05, 4.69) is 14.9 Å². The maximum Gasteiger partial charge on any atom is 0.228 e. The van der Waals surface area contributed by atoms with Crippen LogP contribution in [0.3, 0.4) is 0 Å². The smallest absolute Gasteiger partial charge is 0.228 e. The van der Waals surface area contributed by atoms with Gasteiger partial charge in [-0.25, -0.2) is 4.98 Å². The van der Waals surface area contributed by atoms with Gasteiger partial charge in [0.15, 0.2) is 0 Å². The molecule has 0 saturated carbocycles. The molecular formula is C15H22N4O3. The summed E-state index contributed by atoms with van der Waals surface area (Å²) in [4.78, 5) is 25.3. The quantitative estimate of drug-likeness (QED) is 0.809. The van der Waals surface area contributed by atoms with Crippen LogP contribution in [0.4, 0.5) is 5.95 Å². The zero-order valence-electron chi connectivity index (χ0n) is 13.1. The number of hydrogen-bond donors (Lipinski definition) is 0. The van der Waals surface area contributed by atoms with Crippen LogP contribution in [-0.4, -0.2) is 67.3 Å². The van der Waals surface area contributed by atoms with Crippen LogP contribution in [-0.2, 0) is 9.53 Å². The van der Waals surface area contributed by atoms with Gasteiger partial charge >= 0.3 is 0 Å². The summed E-state index contributed by atoms with van der Waals surface area (Å²) in [6.45, 7) is 6.08.